The van der Waals surface area contributed by atoms with Crippen LogP contribution in [0.15, 0.2) is 24.3 Å². The number of phenolic OH excluding ortho intramolecular Hbond substituents is 1. The van der Waals surface area contributed by atoms with Gasteiger partial charge in [0.25, 0.3) is 0 Å². The van der Waals surface area contributed by atoms with Crippen LogP contribution in [0.4, 0.5) is 0 Å². The van der Waals surface area contributed by atoms with Gasteiger partial charge in [-0.15, -0.1) is 31.4 Å². The van der Waals surface area contributed by atoms with Gasteiger partial charge in [0.05, 0.1) is 5.02 Å². The molecule has 2 N–H and O–H groups in total. The molecule has 0 bridgehead atoms. The average molecular weight is 388 g/mol. The fourth-order valence-electron chi connectivity index (χ4n) is 2.60. The van der Waals surface area contributed by atoms with E-state index in [4.69, 9.17) is 23.2 Å². The highest BCUT2D eigenvalue weighted by atomic mass is 35.5. The Labute approximate surface area is 154 Å². The summed E-state index contributed by atoms with van der Waals surface area (Å²) in [5.41, 5.74) is 1.86. The van der Waals surface area contributed by atoms with Gasteiger partial charge in [-0.25, -0.2) is 0 Å². The highest BCUT2D eigenvalue weighted by Crippen LogP contribution is 2.39. The van der Waals surface area contributed by atoms with Crippen LogP contribution in [0, 0.1) is 0 Å². The van der Waals surface area contributed by atoms with E-state index in [2.05, 4.69) is 16.8 Å². The second-order valence-corrected chi connectivity index (χ2v) is 6.13. The number of hydrogen-bond donors (Lipinski definition) is 2. The normalized spacial score (nSPS) is 16.3. The zero-order valence-corrected chi connectivity index (χ0v) is 15.6. The van der Waals surface area contributed by atoms with Gasteiger partial charge in [-0.05, 0) is 25.5 Å². The van der Waals surface area contributed by atoms with Gasteiger partial charge in [0, 0.05) is 42.8 Å². The molecule has 1 aromatic rings. The molecule has 3 nitrogen and oxygen atoms in total. The third kappa shape index (κ3) is 5.48. The summed E-state index contributed by atoms with van der Waals surface area (Å²) < 4.78 is 0. The van der Waals surface area contributed by atoms with Gasteiger partial charge in [0.15, 0.2) is 0 Å². The van der Waals surface area contributed by atoms with Gasteiger partial charge in [-0.3, -0.25) is 4.90 Å². The first-order chi connectivity index (χ1) is 9.49. The molecule has 22 heavy (non-hydrogen) atoms. The van der Waals surface area contributed by atoms with Crippen molar-refractivity contribution in [3.8, 4) is 5.75 Å². The first kappa shape index (κ1) is 21.8. The maximum Gasteiger partial charge on any atom is 0.139 e. The Hall–Kier alpha value is -0.160. The van der Waals surface area contributed by atoms with Crippen LogP contribution in [0.1, 0.15) is 24.9 Å². The third-order valence-electron chi connectivity index (χ3n) is 3.55. The number of phenols is 1. The summed E-state index contributed by atoms with van der Waals surface area (Å²) in [5, 5.41) is 14.5. The molecule has 0 aliphatic carbocycles. The Morgan fingerprint density at radius 2 is 1.91 bits per heavy atom. The Morgan fingerprint density at radius 3 is 2.45 bits per heavy atom. The lowest BCUT2D eigenvalue weighted by Crippen LogP contribution is -2.45. The van der Waals surface area contributed by atoms with Gasteiger partial charge >= 0.3 is 0 Å². The summed E-state index contributed by atoms with van der Waals surface area (Å²) in [5.74, 6) is 0.126. The van der Waals surface area contributed by atoms with Gasteiger partial charge < -0.3 is 10.4 Å². The van der Waals surface area contributed by atoms with Crippen molar-refractivity contribution < 1.29 is 5.11 Å². The van der Waals surface area contributed by atoms with Crippen molar-refractivity contribution in [2.45, 2.75) is 19.4 Å². The van der Waals surface area contributed by atoms with E-state index in [0.717, 1.165) is 43.7 Å². The van der Waals surface area contributed by atoms with Crippen LogP contribution in [0.2, 0.25) is 10.0 Å². The number of hydrogen-bond acceptors (Lipinski definition) is 3. The van der Waals surface area contributed by atoms with Crippen molar-refractivity contribution in [3.05, 3.63) is 39.9 Å². The highest BCUT2D eigenvalue weighted by Gasteiger charge is 2.25. The van der Waals surface area contributed by atoms with Crippen molar-refractivity contribution >= 4 is 48.0 Å². The van der Waals surface area contributed by atoms with E-state index >= 15 is 0 Å². The smallest absolute Gasteiger partial charge is 0.139 e. The summed E-state index contributed by atoms with van der Waals surface area (Å²) >= 11 is 12.1. The average Bonchev–Trinajstić information content (AvgIpc) is 2.41. The quantitative estimate of drug-likeness (QED) is 0.748. The number of benzene rings is 1. The van der Waals surface area contributed by atoms with E-state index < -0.39 is 0 Å². The van der Waals surface area contributed by atoms with E-state index in [1.807, 2.05) is 6.92 Å². The summed E-state index contributed by atoms with van der Waals surface area (Å²) in [6, 6.07) is 3.43. The van der Waals surface area contributed by atoms with Gasteiger partial charge in [0.1, 0.15) is 5.75 Å². The number of nitrogens with zero attached hydrogens (tertiary/aromatic N) is 1. The minimum absolute atomic E-state index is 0. The van der Waals surface area contributed by atoms with E-state index in [1.165, 1.54) is 0 Å². The molecule has 1 fully saturated rings. The fourth-order valence-corrected chi connectivity index (χ4v) is 3.11. The SMILES string of the molecule is C=C(C)C[C@H](c1cc(Cl)cc(Cl)c1O)N1CCNCC1.Cl.Cl. The van der Waals surface area contributed by atoms with Crippen molar-refractivity contribution in [2.75, 3.05) is 26.2 Å². The number of piperazine rings is 1. The molecule has 1 aromatic carbocycles. The van der Waals surface area contributed by atoms with Crippen LogP contribution >= 0.6 is 48.0 Å². The lowest BCUT2D eigenvalue weighted by molar-refractivity contribution is 0.170. The van der Waals surface area contributed by atoms with Crippen molar-refractivity contribution in [1.29, 1.82) is 0 Å². The molecule has 0 radical (unpaired) electrons. The van der Waals surface area contributed by atoms with Crippen LogP contribution in [-0.2, 0) is 0 Å². The second kappa shape index (κ2) is 9.86. The Balaban J connectivity index is 0.00000220. The summed E-state index contributed by atoms with van der Waals surface area (Å²) in [4.78, 5) is 2.34. The molecule has 1 aliphatic rings. The summed E-state index contributed by atoms with van der Waals surface area (Å²) in [6.07, 6.45) is 0.782. The van der Waals surface area contributed by atoms with Crippen LogP contribution in [0.5, 0.6) is 5.75 Å². The first-order valence-electron chi connectivity index (χ1n) is 6.76. The van der Waals surface area contributed by atoms with E-state index in [1.54, 1.807) is 12.1 Å². The number of aromatic hydroxyl groups is 1. The minimum Gasteiger partial charge on any atom is -0.506 e. The van der Waals surface area contributed by atoms with Crippen molar-refractivity contribution in [1.82, 2.24) is 10.2 Å². The second-order valence-electron chi connectivity index (χ2n) is 5.29. The largest absolute Gasteiger partial charge is 0.506 e. The molecule has 0 saturated carbocycles. The van der Waals surface area contributed by atoms with E-state index in [9.17, 15) is 5.11 Å². The van der Waals surface area contributed by atoms with Crippen molar-refractivity contribution in [3.63, 3.8) is 0 Å². The predicted octanol–water partition coefficient (Wildman–Crippen LogP) is 4.46. The van der Waals surface area contributed by atoms with Crippen molar-refractivity contribution in [2.24, 2.45) is 0 Å². The molecule has 0 spiro atoms. The van der Waals surface area contributed by atoms with E-state index in [0.29, 0.717) is 10.0 Å². The molecule has 0 aromatic heterocycles. The maximum atomic E-state index is 10.3. The molecule has 1 heterocycles. The van der Waals surface area contributed by atoms with Gasteiger partial charge in [-0.2, -0.15) is 0 Å². The zero-order chi connectivity index (χ0) is 14.7. The molecule has 1 aliphatic heterocycles. The maximum absolute atomic E-state index is 10.3. The lowest BCUT2D eigenvalue weighted by atomic mass is 9.97. The zero-order valence-electron chi connectivity index (χ0n) is 12.4. The molecular weight excluding hydrogens is 366 g/mol. The molecule has 7 heteroatoms. The van der Waals surface area contributed by atoms with Gasteiger partial charge in [0.2, 0.25) is 0 Å². The highest BCUT2D eigenvalue weighted by molar-refractivity contribution is 6.35. The van der Waals surface area contributed by atoms with Crippen LogP contribution in [0.25, 0.3) is 0 Å². The summed E-state index contributed by atoms with van der Waals surface area (Å²) in [6.45, 7) is 9.75. The summed E-state index contributed by atoms with van der Waals surface area (Å²) in [7, 11) is 0. The number of rotatable bonds is 4. The lowest BCUT2D eigenvalue weighted by Gasteiger charge is -2.36. The van der Waals surface area contributed by atoms with Crippen LogP contribution in [0.3, 0.4) is 0 Å². The standard InChI is InChI=1S/C15H20Cl2N2O.2ClH/c1-10(2)7-14(19-5-3-18-4-6-19)12-8-11(16)9-13(17)15(12)20;;/h8-9,14,18,20H,1,3-7H2,2H3;2*1H/t14-;;/m1../s1. The first-order valence-corrected chi connectivity index (χ1v) is 7.51. The van der Waals surface area contributed by atoms with Crippen LogP contribution < -0.4 is 5.32 Å². The number of nitrogens with one attached hydrogen (secondary N) is 1. The van der Waals surface area contributed by atoms with Crippen LogP contribution in [-0.4, -0.2) is 36.2 Å². The third-order valence-corrected chi connectivity index (χ3v) is 4.06. The Bertz CT molecular complexity index is 505. The monoisotopic (exact) mass is 386 g/mol. The predicted molar refractivity (Wildman–Crippen MR) is 99.2 cm³/mol. The topological polar surface area (TPSA) is 35.5 Å². The molecule has 0 amide bonds. The number of halogens is 4. The molecule has 126 valence electrons. The van der Waals surface area contributed by atoms with Gasteiger partial charge in [-0.1, -0.05) is 28.8 Å². The van der Waals surface area contributed by atoms with E-state index in [-0.39, 0.29) is 36.6 Å². The molecule has 1 saturated heterocycles. The fraction of sp³-hybridized carbons (Fsp3) is 0.467. The molecule has 0 unspecified atom stereocenters. The molecular formula is C15H22Cl4N2O. The Kier molecular flexibility index (Phi) is 9.79. The Morgan fingerprint density at radius 1 is 1.32 bits per heavy atom. The molecule has 1 atom stereocenters. The minimum atomic E-state index is 0. The molecule has 2 rings (SSSR count).